The topological polar surface area (TPSA) is 181 Å². The summed E-state index contributed by atoms with van der Waals surface area (Å²) in [5.41, 5.74) is 1.66. The van der Waals surface area contributed by atoms with Crippen molar-refractivity contribution in [3.63, 3.8) is 0 Å². The van der Waals surface area contributed by atoms with Crippen LogP contribution >= 0.6 is 0 Å². The average Bonchev–Trinajstić information content (AvgIpc) is 2.74. The first-order chi connectivity index (χ1) is 14.3. The Hall–Kier alpha value is -1.38. The monoisotopic (exact) mass is 431 g/mol. The van der Waals surface area contributed by atoms with Crippen molar-refractivity contribution in [3.8, 4) is 0 Å². The first-order valence-electron chi connectivity index (χ1n) is 9.68. The second-order valence-electron chi connectivity index (χ2n) is 7.57. The SMILES string of the molecule is Cc1ccc(NC2O[C@H](CO)C(O[C@@H]3O[C@H](CO)C(O)C(O)[C@H]3O)[C@H](O)[C@H]2O)cc1. The molecule has 0 bridgehead atoms. The van der Waals surface area contributed by atoms with Gasteiger partial charge in [-0.25, -0.2) is 0 Å². The molecule has 8 N–H and O–H groups in total. The van der Waals surface area contributed by atoms with Crippen molar-refractivity contribution in [3.05, 3.63) is 29.8 Å². The molecule has 170 valence electrons. The molecule has 11 nitrogen and oxygen atoms in total. The molecule has 4 unspecified atom stereocenters. The number of aryl methyl sites for hydroxylation is 1. The van der Waals surface area contributed by atoms with Crippen molar-refractivity contribution in [1.29, 1.82) is 0 Å². The Labute approximate surface area is 173 Å². The molecule has 3 rings (SSSR count). The van der Waals surface area contributed by atoms with Crippen LogP contribution in [0.2, 0.25) is 0 Å². The van der Waals surface area contributed by atoms with Gasteiger partial charge in [0.05, 0.1) is 13.2 Å². The number of ether oxygens (including phenoxy) is 3. The fourth-order valence-corrected chi connectivity index (χ4v) is 3.52. The molecule has 0 radical (unpaired) electrons. The lowest BCUT2D eigenvalue weighted by Crippen LogP contribution is -2.65. The number of aliphatic hydroxyl groups excluding tert-OH is 7. The van der Waals surface area contributed by atoms with Crippen LogP contribution in [0.3, 0.4) is 0 Å². The van der Waals surface area contributed by atoms with Crippen molar-refractivity contribution in [2.45, 2.75) is 68.3 Å². The van der Waals surface area contributed by atoms with E-state index in [4.69, 9.17) is 14.2 Å². The van der Waals surface area contributed by atoms with E-state index in [0.717, 1.165) is 5.56 Å². The number of hydrogen-bond acceptors (Lipinski definition) is 11. The number of anilines is 1. The zero-order valence-electron chi connectivity index (χ0n) is 16.4. The Kier molecular flexibility index (Phi) is 7.63. The van der Waals surface area contributed by atoms with Crippen LogP contribution < -0.4 is 5.32 Å². The highest BCUT2D eigenvalue weighted by Gasteiger charge is 2.50. The van der Waals surface area contributed by atoms with Crippen LogP contribution in [-0.2, 0) is 14.2 Å². The molecule has 2 fully saturated rings. The maximum atomic E-state index is 10.6. The van der Waals surface area contributed by atoms with Crippen molar-refractivity contribution in [2.75, 3.05) is 18.5 Å². The summed E-state index contributed by atoms with van der Waals surface area (Å²) in [7, 11) is 0. The van der Waals surface area contributed by atoms with E-state index < -0.39 is 74.6 Å². The zero-order chi connectivity index (χ0) is 22.0. The minimum Gasteiger partial charge on any atom is -0.394 e. The molecule has 2 aliphatic rings. The standard InChI is InChI=1S/C19H29NO10/c1-8-2-4-9(5-3-8)20-18-15(26)14(25)17(11(7-22)28-18)30-19-16(27)13(24)12(23)10(6-21)29-19/h2-5,10-27H,6-7H2,1H3/t10-,11-,12?,13?,14-,15-,16-,17?,18?,19+/m1/s1. The number of benzene rings is 1. The number of hydrogen-bond donors (Lipinski definition) is 8. The van der Waals surface area contributed by atoms with Gasteiger partial charge in [0, 0.05) is 5.69 Å². The third-order valence-corrected chi connectivity index (χ3v) is 5.36. The van der Waals surface area contributed by atoms with Gasteiger partial charge < -0.3 is 55.3 Å². The van der Waals surface area contributed by atoms with Gasteiger partial charge in [-0.2, -0.15) is 0 Å². The molecule has 1 aromatic rings. The first-order valence-corrected chi connectivity index (χ1v) is 9.68. The Morgan fingerprint density at radius 3 is 2.03 bits per heavy atom. The van der Waals surface area contributed by atoms with Crippen LogP contribution in [0.15, 0.2) is 24.3 Å². The predicted molar refractivity (Wildman–Crippen MR) is 101 cm³/mol. The molecule has 0 aromatic heterocycles. The maximum Gasteiger partial charge on any atom is 0.187 e. The summed E-state index contributed by atoms with van der Waals surface area (Å²) in [4.78, 5) is 0. The second kappa shape index (κ2) is 9.83. The number of nitrogens with one attached hydrogen (secondary N) is 1. The van der Waals surface area contributed by atoms with E-state index >= 15 is 0 Å². The molecule has 2 heterocycles. The van der Waals surface area contributed by atoms with E-state index in [1.165, 1.54) is 0 Å². The van der Waals surface area contributed by atoms with Gasteiger partial charge >= 0.3 is 0 Å². The lowest BCUT2D eigenvalue weighted by Gasteiger charge is -2.46. The lowest BCUT2D eigenvalue weighted by molar-refractivity contribution is -0.340. The van der Waals surface area contributed by atoms with E-state index in [1.807, 2.05) is 19.1 Å². The summed E-state index contributed by atoms with van der Waals surface area (Å²) >= 11 is 0. The molecule has 1 aromatic carbocycles. The second-order valence-corrected chi connectivity index (χ2v) is 7.57. The van der Waals surface area contributed by atoms with E-state index in [-0.39, 0.29) is 0 Å². The van der Waals surface area contributed by atoms with Gasteiger partial charge in [-0.15, -0.1) is 0 Å². The highest BCUT2D eigenvalue weighted by Crippen LogP contribution is 2.29. The van der Waals surface area contributed by atoms with Gasteiger partial charge in [-0.3, -0.25) is 0 Å². The van der Waals surface area contributed by atoms with Gasteiger partial charge in [0.25, 0.3) is 0 Å². The largest absolute Gasteiger partial charge is 0.394 e. The molecular weight excluding hydrogens is 402 g/mol. The fourth-order valence-electron chi connectivity index (χ4n) is 3.52. The van der Waals surface area contributed by atoms with Crippen LogP contribution in [0.25, 0.3) is 0 Å². The Balaban J connectivity index is 1.71. The lowest BCUT2D eigenvalue weighted by atomic mass is 9.96. The van der Waals surface area contributed by atoms with Gasteiger partial charge in [-0.1, -0.05) is 17.7 Å². The molecule has 30 heavy (non-hydrogen) atoms. The van der Waals surface area contributed by atoms with Crippen molar-refractivity contribution < 1.29 is 50.0 Å². The van der Waals surface area contributed by atoms with Crippen LogP contribution in [0.4, 0.5) is 5.69 Å². The van der Waals surface area contributed by atoms with Crippen molar-refractivity contribution >= 4 is 5.69 Å². The molecule has 2 saturated heterocycles. The minimum atomic E-state index is -1.70. The first kappa shape index (κ1) is 23.3. The summed E-state index contributed by atoms with van der Waals surface area (Å²) in [6.07, 6.45) is -14.2. The van der Waals surface area contributed by atoms with Crippen molar-refractivity contribution in [1.82, 2.24) is 0 Å². The van der Waals surface area contributed by atoms with Crippen LogP contribution in [0.5, 0.6) is 0 Å². The minimum absolute atomic E-state index is 0.585. The molecule has 10 atom stereocenters. The quantitative estimate of drug-likeness (QED) is 0.230. The van der Waals surface area contributed by atoms with Crippen LogP contribution in [0, 0.1) is 6.92 Å². The Bertz CT molecular complexity index is 672. The summed E-state index contributed by atoms with van der Waals surface area (Å²) < 4.78 is 16.4. The average molecular weight is 431 g/mol. The van der Waals surface area contributed by atoms with Crippen molar-refractivity contribution in [2.24, 2.45) is 0 Å². The van der Waals surface area contributed by atoms with Gasteiger partial charge in [0.2, 0.25) is 0 Å². The highest BCUT2D eigenvalue weighted by molar-refractivity contribution is 5.45. The number of aliphatic hydroxyl groups is 7. The molecule has 0 spiro atoms. The van der Waals surface area contributed by atoms with Gasteiger partial charge in [0.1, 0.15) is 48.8 Å². The van der Waals surface area contributed by atoms with Crippen LogP contribution in [0.1, 0.15) is 5.56 Å². The predicted octanol–water partition coefficient (Wildman–Crippen LogP) is -2.97. The maximum absolute atomic E-state index is 10.6. The third-order valence-electron chi connectivity index (χ3n) is 5.36. The summed E-state index contributed by atoms with van der Waals surface area (Å²) in [5, 5.41) is 72.9. The van der Waals surface area contributed by atoms with E-state index in [9.17, 15) is 35.7 Å². The fraction of sp³-hybridized carbons (Fsp3) is 0.684. The van der Waals surface area contributed by atoms with E-state index in [1.54, 1.807) is 12.1 Å². The Morgan fingerprint density at radius 2 is 1.43 bits per heavy atom. The number of rotatable bonds is 6. The van der Waals surface area contributed by atoms with Crippen LogP contribution in [-0.4, -0.2) is 110 Å². The Morgan fingerprint density at radius 1 is 0.800 bits per heavy atom. The zero-order valence-corrected chi connectivity index (χ0v) is 16.4. The van der Waals surface area contributed by atoms with E-state index in [0.29, 0.717) is 5.69 Å². The summed E-state index contributed by atoms with van der Waals surface area (Å²) in [6.45, 7) is 0.684. The van der Waals surface area contributed by atoms with E-state index in [2.05, 4.69) is 5.32 Å². The third kappa shape index (κ3) is 4.75. The molecule has 11 heteroatoms. The summed E-state index contributed by atoms with van der Waals surface area (Å²) in [6, 6.07) is 7.23. The summed E-state index contributed by atoms with van der Waals surface area (Å²) in [5.74, 6) is 0. The smallest absolute Gasteiger partial charge is 0.187 e. The normalized spacial score (nSPS) is 42.1. The molecular formula is C19H29NO10. The van der Waals surface area contributed by atoms with Gasteiger partial charge in [0.15, 0.2) is 12.5 Å². The molecule has 2 aliphatic heterocycles. The molecule has 0 saturated carbocycles. The molecule has 0 aliphatic carbocycles. The van der Waals surface area contributed by atoms with Gasteiger partial charge in [-0.05, 0) is 19.1 Å². The highest BCUT2D eigenvalue weighted by atomic mass is 16.7. The molecule has 0 amide bonds.